The van der Waals surface area contributed by atoms with Crippen LogP contribution in [0.1, 0.15) is 24.9 Å². The van der Waals surface area contributed by atoms with Crippen molar-refractivity contribution in [3.05, 3.63) is 60.2 Å². The van der Waals surface area contributed by atoms with E-state index in [1.54, 1.807) is 24.3 Å². The topological polar surface area (TPSA) is 75.7 Å². The molecule has 2 aromatic carbocycles. The van der Waals surface area contributed by atoms with Crippen molar-refractivity contribution in [2.75, 3.05) is 24.2 Å². The molecular weight excluding hydrogens is 352 g/mol. The lowest BCUT2D eigenvalue weighted by atomic mass is 10.0. The minimum absolute atomic E-state index is 0.166. The Morgan fingerprint density at radius 2 is 1.73 bits per heavy atom. The highest BCUT2D eigenvalue weighted by Crippen LogP contribution is 2.22. The molecular formula is C19H24N2O4S. The Hall–Kier alpha value is -2.54. The molecule has 0 aromatic heterocycles. The molecule has 0 saturated heterocycles. The van der Waals surface area contributed by atoms with Gasteiger partial charge in [0.25, 0.3) is 0 Å². The Balaban J connectivity index is 2.16. The minimum Gasteiger partial charge on any atom is -0.497 e. The third-order valence-corrected chi connectivity index (χ3v) is 5.13. The Bertz CT molecular complexity index is 820. The van der Waals surface area contributed by atoms with E-state index in [9.17, 15) is 13.2 Å². The Labute approximate surface area is 154 Å². The van der Waals surface area contributed by atoms with Gasteiger partial charge in [0.15, 0.2) is 0 Å². The number of ether oxygens (including phenoxy) is 1. The molecule has 1 atom stereocenters. The van der Waals surface area contributed by atoms with Gasteiger partial charge in [-0.25, -0.2) is 8.42 Å². The van der Waals surface area contributed by atoms with Crippen molar-refractivity contribution in [2.24, 2.45) is 0 Å². The molecule has 0 radical (unpaired) electrons. The van der Waals surface area contributed by atoms with Gasteiger partial charge in [0, 0.05) is 0 Å². The van der Waals surface area contributed by atoms with Crippen molar-refractivity contribution in [3.63, 3.8) is 0 Å². The third-order valence-electron chi connectivity index (χ3n) is 3.99. The highest BCUT2D eigenvalue weighted by molar-refractivity contribution is 7.92. The van der Waals surface area contributed by atoms with Crippen LogP contribution >= 0.6 is 0 Å². The van der Waals surface area contributed by atoms with Gasteiger partial charge in [-0.05, 0) is 36.2 Å². The van der Waals surface area contributed by atoms with Crippen LogP contribution in [-0.4, -0.2) is 34.2 Å². The van der Waals surface area contributed by atoms with E-state index in [1.165, 1.54) is 7.11 Å². The summed E-state index contributed by atoms with van der Waals surface area (Å²) in [5.41, 5.74) is 1.40. The number of sulfonamides is 1. The second-order valence-electron chi connectivity index (χ2n) is 5.91. The Morgan fingerprint density at radius 3 is 2.23 bits per heavy atom. The summed E-state index contributed by atoms with van der Waals surface area (Å²) in [7, 11) is -2.08. The second kappa shape index (κ2) is 8.71. The molecule has 0 heterocycles. The molecule has 0 spiro atoms. The van der Waals surface area contributed by atoms with Gasteiger partial charge in [-0.15, -0.1) is 0 Å². The predicted molar refractivity (Wildman–Crippen MR) is 103 cm³/mol. The van der Waals surface area contributed by atoms with Gasteiger partial charge in [-0.1, -0.05) is 37.3 Å². The van der Waals surface area contributed by atoms with Gasteiger partial charge < -0.3 is 10.1 Å². The van der Waals surface area contributed by atoms with Crippen molar-refractivity contribution in [2.45, 2.75) is 19.4 Å². The fourth-order valence-electron chi connectivity index (χ4n) is 2.63. The number of rotatable bonds is 8. The van der Waals surface area contributed by atoms with E-state index in [2.05, 4.69) is 5.32 Å². The molecule has 7 heteroatoms. The molecule has 6 nitrogen and oxygen atoms in total. The first kappa shape index (κ1) is 19.8. The molecule has 1 amide bonds. The van der Waals surface area contributed by atoms with Crippen LogP contribution in [0.4, 0.5) is 5.69 Å². The Kier molecular flexibility index (Phi) is 6.63. The van der Waals surface area contributed by atoms with Crippen LogP contribution in [0.3, 0.4) is 0 Å². The van der Waals surface area contributed by atoms with Crippen molar-refractivity contribution in [1.82, 2.24) is 5.32 Å². The number of carbonyl (C=O) groups is 1. The van der Waals surface area contributed by atoms with Gasteiger partial charge in [-0.2, -0.15) is 0 Å². The molecule has 0 aliphatic carbocycles. The van der Waals surface area contributed by atoms with Crippen LogP contribution < -0.4 is 14.4 Å². The highest BCUT2D eigenvalue weighted by atomic mass is 32.2. The second-order valence-corrected chi connectivity index (χ2v) is 7.81. The number of amides is 1. The van der Waals surface area contributed by atoms with Crippen molar-refractivity contribution < 1.29 is 17.9 Å². The number of carbonyl (C=O) groups excluding carboxylic acids is 1. The van der Waals surface area contributed by atoms with Gasteiger partial charge >= 0.3 is 0 Å². The molecule has 0 unspecified atom stereocenters. The minimum atomic E-state index is -3.61. The average Bonchev–Trinajstić information content (AvgIpc) is 2.64. The van der Waals surface area contributed by atoms with E-state index in [-0.39, 0.29) is 18.5 Å². The molecule has 0 aliphatic rings. The molecule has 1 N–H and O–H groups in total. The summed E-state index contributed by atoms with van der Waals surface area (Å²) in [5.74, 6) is 0.253. The summed E-state index contributed by atoms with van der Waals surface area (Å²) < 4.78 is 30.5. The lowest BCUT2D eigenvalue weighted by Gasteiger charge is -2.24. The molecule has 0 bridgehead atoms. The zero-order valence-electron chi connectivity index (χ0n) is 15.2. The van der Waals surface area contributed by atoms with E-state index < -0.39 is 10.0 Å². The predicted octanol–water partition coefficient (Wildman–Crippen LogP) is 2.73. The Morgan fingerprint density at radius 1 is 1.12 bits per heavy atom. The van der Waals surface area contributed by atoms with Crippen LogP contribution in [0.5, 0.6) is 5.75 Å². The zero-order chi connectivity index (χ0) is 19.2. The molecule has 2 aromatic rings. The van der Waals surface area contributed by atoms with Crippen LogP contribution in [0.2, 0.25) is 0 Å². The van der Waals surface area contributed by atoms with Crippen LogP contribution in [0.25, 0.3) is 0 Å². The van der Waals surface area contributed by atoms with Gasteiger partial charge in [0.05, 0.1) is 25.1 Å². The molecule has 26 heavy (non-hydrogen) atoms. The molecule has 140 valence electrons. The lowest BCUT2D eigenvalue weighted by Crippen LogP contribution is -2.41. The first-order valence-corrected chi connectivity index (χ1v) is 10.2. The van der Waals surface area contributed by atoms with Crippen LogP contribution in [0.15, 0.2) is 54.6 Å². The smallest absolute Gasteiger partial charge is 0.241 e. The van der Waals surface area contributed by atoms with Crippen LogP contribution in [0, 0.1) is 0 Å². The maximum Gasteiger partial charge on any atom is 0.241 e. The first-order valence-electron chi connectivity index (χ1n) is 8.31. The molecule has 2 rings (SSSR count). The van der Waals surface area contributed by atoms with E-state index >= 15 is 0 Å². The summed E-state index contributed by atoms with van der Waals surface area (Å²) >= 11 is 0. The summed E-state index contributed by atoms with van der Waals surface area (Å²) in [5, 5.41) is 2.91. The zero-order valence-corrected chi connectivity index (χ0v) is 16.0. The largest absolute Gasteiger partial charge is 0.497 e. The first-order chi connectivity index (χ1) is 12.3. The monoisotopic (exact) mass is 376 g/mol. The number of hydrogen-bond acceptors (Lipinski definition) is 4. The SMILES string of the molecule is CC[C@@H](NC(=O)CN(c1ccc(OC)cc1)S(C)(=O)=O)c1ccccc1. The highest BCUT2D eigenvalue weighted by Gasteiger charge is 2.22. The van der Waals surface area contributed by atoms with Crippen LogP contribution in [-0.2, 0) is 14.8 Å². The van der Waals surface area contributed by atoms with Crippen molar-refractivity contribution in [1.29, 1.82) is 0 Å². The summed E-state index contributed by atoms with van der Waals surface area (Å²) in [4.78, 5) is 12.5. The average molecular weight is 376 g/mol. The summed E-state index contributed by atoms with van der Waals surface area (Å²) in [6, 6.07) is 16.0. The lowest BCUT2D eigenvalue weighted by molar-refractivity contribution is -0.120. The fraction of sp³-hybridized carbons (Fsp3) is 0.316. The fourth-order valence-corrected chi connectivity index (χ4v) is 3.48. The third kappa shape index (κ3) is 5.23. The standard InChI is InChI=1S/C19H24N2O4S/c1-4-18(15-8-6-5-7-9-15)20-19(22)14-21(26(3,23)24)16-10-12-17(25-2)13-11-16/h5-13,18H,4,14H2,1-3H3,(H,20,22)/t18-/m1/s1. The van der Waals surface area contributed by atoms with Gasteiger partial charge in [0.1, 0.15) is 12.3 Å². The molecule has 0 fully saturated rings. The van der Waals surface area contributed by atoms with E-state index in [0.717, 1.165) is 16.1 Å². The number of nitrogens with one attached hydrogen (secondary N) is 1. The maximum atomic E-state index is 12.5. The van der Waals surface area contributed by atoms with E-state index in [1.807, 2.05) is 37.3 Å². The number of anilines is 1. The normalized spacial score (nSPS) is 12.3. The van der Waals surface area contributed by atoms with E-state index in [0.29, 0.717) is 17.9 Å². The maximum absolute atomic E-state index is 12.5. The summed E-state index contributed by atoms with van der Waals surface area (Å²) in [6.45, 7) is 1.68. The number of methoxy groups -OCH3 is 1. The number of benzene rings is 2. The van der Waals surface area contributed by atoms with Gasteiger partial charge in [0.2, 0.25) is 15.9 Å². The summed E-state index contributed by atoms with van der Waals surface area (Å²) in [6.07, 6.45) is 1.79. The quantitative estimate of drug-likeness (QED) is 0.769. The van der Waals surface area contributed by atoms with Crippen molar-refractivity contribution >= 4 is 21.6 Å². The van der Waals surface area contributed by atoms with Crippen molar-refractivity contribution in [3.8, 4) is 5.75 Å². The number of nitrogens with zero attached hydrogens (tertiary/aromatic N) is 1. The van der Waals surface area contributed by atoms with Gasteiger partial charge in [-0.3, -0.25) is 9.10 Å². The van der Waals surface area contributed by atoms with E-state index in [4.69, 9.17) is 4.74 Å². The molecule has 0 aliphatic heterocycles. The molecule has 0 saturated carbocycles. The number of hydrogen-bond donors (Lipinski definition) is 1.